The quantitative estimate of drug-likeness (QED) is 0.849. The molecule has 2 amide bonds. The second-order valence-corrected chi connectivity index (χ2v) is 4.68. The van der Waals surface area contributed by atoms with E-state index >= 15 is 0 Å². The van der Waals surface area contributed by atoms with E-state index in [4.69, 9.17) is 0 Å². The molecule has 0 unspecified atom stereocenters. The van der Waals surface area contributed by atoms with E-state index in [9.17, 15) is 14.0 Å². The van der Waals surface area contributed by atoms with Gasteiger partial charge in [0.15, 0.2) is 0 Å². The minimum Gasteiger partial charge on any atom is -0.273 e. The summed E-state index contributed by atoms with van der Waals surface area (Å²) >= 11 is 0. The number of carbonyl (C=O) groups is 2. The van der Waals surface area contributed by atoms with Crippen molar-refractivity contribution in [2.45, 2.75) is 13.3 Å². The van der Waals surface area contributed by atoms with Gasteiger partial charge in [-0.15, -0.1) is 0 Å². The molecule has 2 aromatic carbocycles. The molecule has 0 aliphatic rings. The molecule has 0 saturated heterocycles. The summed E-state index contributed by atoms with van der Waals surface area (Å²) < 4.78 is 13.0. The van der Waals surface area contributed by atoms with Crippen LogP contribution in [0.25, 0.3) is 0 Å². The van der Waals surface area contributed by atoms with E-state index in [1.54, 1.807) is 18.2 Å². The number of aryl methyl sites for hydroxylation is 1. The molecule has 2 aromatic rings. The number of amides is 2. The van der Waals surface area contributed by atoms with Crippen molar-refractivity contribution in [1.29, 1.82) is 0 Å². The van der Waals surface area contributed by atoms with Crippen molar-refractivity contribution in [1.82, 2.24) is 10.9 Å². The lowest BCUT2D eigenvalue weighted by atomic mass is 10.1. The van der Waals surface area contributed by atoms with Crippen molar-refractivity contribution >= 4 is 11.8 Å². The SMILES string of the molecule is Cc1ccc(C(=O)NNC(=O)Cc2cccc(F)c2)cc1. The number of nitrogens with one attached hydrogen (secondary N) is 2. The molecule has 5 heteroatoms. The zero-order chi connectivity index (χ0) is 15.2. The topological polar surface area (TPSA) is 58.2 Å². The number of carbonyl (C=O) groups excluding carboxylic acids is 2. The number of halogens is 1. The highest BCUT2D eigenvalue weighted by Gasteiger charge is 2.08. The molecular formula is C16H15FN2O2. The van der Waals surface area contributed by atoms with Crippen molar-refractivity contribution in [3.63, 3.8) is 0 Å². The summed E-state index contributed by atoms with van der Waals surface area (Å²) in [6.45, 7) is 1.92. The van der Waals surface area contributed by atoms with Crippen molar-refractivity contribution < 1.29 is 14.0 Å². The van der Waals surface area contributed by atoms with Crippen LogP contribution in [-0.4, -0.2) is 11.8 Å². The lowest BCUT2D eigenvalue weighted by Crippen LogP contribution is -2.42. The molecule has 2 rings (SSSR count). The minimum atomic E-state index is -0.416. The Labute approximate surface area is 122 Å². The molecule has 0 aromatic heterocycles. The van der Waals surface area contributed by atoms with E-state index in [-0.39, 0.29) is 6.42 Å². The molecule has 2 N–H and O–H groups in total. The first-order valence-electron chi connectivity index (χ1n) is 6.45. The molecule has 0 saturated carbocycles. The average Bonchev–Trinajstić information content (AvgIpc) is 2.45. The van der Waals surface area contributed by atoms with Gasteiger partial charge in [-0.3, -0.25) is 20.4 Å². The van der Waals surface area contributed by atoms with Gasteiger partial charge < -0.3 is 0 Å². The van der Waals surface area contributed by atoms with Gasteiger partial charge in [0, 0.05) is 5.56 Å². The van der Waals surface area contributed by atoms with E-state index in [1.807, 2.05) is 19.1 Å². The Balaban J connectivity index is 1.86. The number of rotatable bonds is 3. The highest BCUT2D eigenvalue weighted by atomic mass is 19.1. The summed E-state index contributed by atoms with van der Waals surface area (Å²) in [6, 6.07) is 12.7. The van der Waals surface area contributed by atoms with Gasteiger partial charge in [-0.2, -0.15) is 0 Å². The summed E-state index contributed by atoms with van der Waals surface area (Å²) in [5, 5.41) is 0. The molecule has 0 spiro atoms. The Kier molecular flexibility index (Phi) is 4.66. The average molecular weight is 286 g/mol. The maximum atomic E-state index is 13.0. The monoisotopic (exact) mass is 286 g/mol. The minimum absolute atomic E-state index is 0.00800. The molecule has 0 fully saturated rings. The van der Waals surface area contributed by atoms with Crippen LogP contribution in [0.15, 0.2) is 48.5 Å². The van der Waals surface area contributed by atoms with Crippen LogP contribution in [0.4, 0.5) is 4.39 Å². The van der Waals surface area contributed by atoms with E-state index in [0.717, 1.165) is 5.56 Å². The molecule has 21 heavy (non-hydrogen) atoms. The van der Waals surface area contributed by atoms with Gasteiger partial charge in [0.25, 0.3) is 5.91 Å². The van der Waals surface area contributed by atoms with Crippen LogP contribution in [0, 0.1) is 12.7 Å². The maximum absolute atomic E-state index is 13.0. The molecular weight excluding hydrogens is 271 g/mol. The van der Waals surface area contributed by atoms with Crippen molar-refractivity contribution in [2.24, 2.45) is 0 Å². The Morgan fingerprint density at radius 3 is 2.43 bits per heavy atom. The summed E-state index contributed by atoms with van der Waals surface area (Å²) in [6.07, 6.45) is -0.00800. The second kappa shape index (κ2) is 6.65. The van der Waals surface area contributed by atoms with Crippen LogP contribution in [0.2, 0.25) is 0 Å². The highest BCUT2D eigenvalue weighted by Crippen LogP contribution is 2.04. The Morgan fingerprint density at radius 2 is 1.76 bits per heavy atom. The molecule has 0 heterocycles. The summed E-state index contributed by atoms with van der Waals surface area (Å²) in [5.74, 6) is -1.22. The fourth-order valence-electron chi connectivity index (χ4n) is 1.78. The van der Waals surface area contributed by atoms with Gasteiger partial charge in [0.05, 0.1) is 6.42 Å². The Hall–Kier alpha value is -2.69. The predicted octanol–water partition coefficient (Wildman–Crippen LogP) is 2.14. The zero-order valence-electron chi connectivity index (χ0n) is 11.5. The van der Waals surface area contributed by atoms with Gasteiger partial charge in [-0.25, -0.2) is 4.39 Å². The summed E-state index contributed by atoms with van der Waals surface area (Å²) in [7, 11) is 0. The number of hydrazine groups is 1. The van der Waals surface area contributed by atoms with Crippen molar-refractivity contribution in [3.8, 4) is 0 Å². The van der Waals surface area contributed by atoms with Crippen molar-refractivity contribution in [2.75, 3.05) is 0 Å². The smallest absolute Gasteiger partial charge is 0.269 e. The van der Waals surface area contributed by atoms with Gasteiger partial charge in [0.2, 0.25) is 5.91 Å². The van der Waals surface area contributed by atoms with E-state index in [1.165, 1.54) is 18.2 Å². The van der Waals surface area contributed by atoms with Gasteiger partial charge in [-0.05, 0) is 36.8 Å². The van der Waals surface area contributed by atoms with E-state index < -0.39 is 17.6 Å². The van der Waals surface area contributed by atoms with Crippen LogP contribution in [0.3, 0.4) is 0 Å². The first kappa shape index (κ1) is 14.7. The molecule has 108 valence electrons. The first-order chi connectivity index (χ1) is 10.0. The highest BCUT2D eigenvalue weighted by molar-refractivity contribution is 5.95. The third-order valence-corrected chi connectivity index (χ3v) is 2.88. The van der Waals surface area contributed by atoms with Crippen LogP contribution in [-0.2, 0) is 11.2 Å². The zero-order valence-corrected chi connectivity index (χ0v) is 11.5. The lowest BCUT2D eigenvalue weighted by molar-refractivity contribution is -0.121. The molecule has 0 aliphatic heterocycles. The molecule has 4 nitrogen and oxygen atoms in total. The van der Waals surface area contributed by atoms with Crippen LogP contribution >= 0.6 is 0 Å². The van der Waals surface area contributed by atoms with Gasteiger partial charge >= 0.3 is 0 Å². The maximum Gasteiger partial charge on any atom is 0.269 e. The number of benzene rings is 2. The fourth-order valence-corrected chi connectivity index (χ4v) is 1.78. The number of hydrogen-bond donors (Lipinski definition) is 2. The van der Waals surface area contributed by atoms with Gasteiger partial charge in [-0.1, -0.05) is 29.8 Å². The standard InChI is InChI=1S/C16H15FN2O2/c1-11-5-7-13(8-6-11)16(21)19-18-15(20)10-12-3-2-4-14(17)9-12/h2-9H,10H2,1H3,(H,18,20)(H,19,21). The van der Waals surface area contributed by atoms with E-state index in [2.05, 4.69) is 10.9 Å². The number of hydrogen-bond acceptors (Lipinski definition) is 2. The molecule has 0 bridgehead atoms. The van der Waals surface area contributed by atoms with Crippen molar-refractivity contribution in [3.05, 3.63) is 71.0 Å². The Morgan fingerprint density at radius 1 is 1.05 bits per heavy atom. The third-order valence-electron chi connectivity index (χ3n) is 2.88. The van der Waals surface area contributed by atoms with Crippen LogP contribution < -0.4 is 10.9 Å². The Bertz CT molecular complexity index is 654. The molecule has 0 radical (unpaired) electrons. The predicted molar refractivity (Wildman–Crippen MR) is 76.9 cm³/mol. The summed E-state index contributed by atoms with van der Waals surface area (Å²) in [5.41, 5.74) is 6.66. The first-order valence-corrected chi connectivity index (χ1v) is 6.45. The fraction of sp³-hybridized carbons (Fsp3) is 0.125. The largest absolute Gasteiger partial charge is 0.273 e. The molecule has 0 atom stereocenters. The van der Waals surface area contributed by atoms with Crippen LogP contribution in [0.1, 0.15) is 21.5 Å². The summed E-state index contributed by atoms with van der Waals surface area (Å²) in [4.78, 5) is 23.4. The second-order valence-electron chi connectivity index (χ2n) is 4.68. The lowest BCUT2D eigenvalue weighted by Gasteiger charge is -2.07. The molecule has 0 aliphatic carbocycles. The normalized spacial score (nSPS) is 10.0. The third kappa shape index (κ3) is 4.42. The van der Waals surface area contributed by atoms with Crippen LogP contribution in [0.5, 0.6) is 0 Å². The van der Waals surface area contributed by atoms with E-state index in [0.29, 0.717) is 11.1 Å². The van der Waals surface area contributed by atoms with Gasteiger partial charge in [0.1, 0.15) is 5.82 Å².